The van der Waals surface area contributed by atoms with Crippen LogP contribution in [0.5, 0.6) is 0 Å². The number of aromatic nitrogens is 3. The maximum Gasteiger partial charge on any atom is 0.226 e. The first-order chi connectivity index (χ1) is 9.57. The number of H-pyrrole nitrogens is 1. The molecule has 1 aliphatic heterocycles. The Balaban J connectivity index is 1.88. The largest absolute Gasteiger partial charge is 0.372 e. The van der Waals surface area contributed by atoms with Crippen molar-refractivity contribution in [1.29, 1.82) is 0 Å². The van der Waals surface area contributed by atoms with E-state index >= 15 is 0 Å². The summed E-state index contributed by atoms with van der Waals surface area (Å²) >= 11 is 5.47. The summed E-state index contributed by atoms with van der Waals surface area (Å²) in [5.41, 5.74) is -0.122. The summed E-state index contributed by atoms with van der Waals surface area (Å²) in [6, 6.07) is 0.510. The van der Waals surface area contributed by atoms with Crippen LogP contribution in [0.3, 0.4) is 0 Å². The summed E-state index contributed by atoms with van der Waals surface area (Å²) in [5.74, 6) is 0.998. The van der Waals surface area contributed by atoms with Crippen LogP contribution in [0, 0.1) is 4.77 Å². The van der Waals surface area contributed by atoms with Crippen molar-refractivity contribution in [2.24, 2.45) is 0 Å². The number of nitrogens with one attached hydrogen (secondary N) is 1. The first-order valence-electron chi connectivity index (χ1n) is 7.63. The Morgan fingerprint density at radius 1 is 1.30 bits per heavy atom. The molecular formula is C14H24N4OS. The van der Waals surface area contributed by atoms with Gasteiger partial charge in [0, 0.05) is 19.1 Å². The number of nitrogens with zero attached hydrogens (tertiary/aromatic N) is 3. The van der Waals surface area contributed by atoms with E-state index in [9.17, 15) is 0 Å². The molecule has 0 unspecified atom stereocenters. The average molecular weight is 296 g/mol. The minimum atomic E-state index is -0.122. The first kappa shape index (κ1) is 14.1. The maximum atomic E-state index is 5.79. The number of morpholine rings is 1. The van der Waals surface area contributed by atoms with Gasteiger partial charge in [0.15, 0.2) is 4.77 Å². The molecule has 20 heavy (non-hydrogen) atoms. The molecule has 1 N–H and O–H groups in total. The molecule has 0 bridgehead atoms. The van der Waals surface area contributed by atoms with Crippen LogP contribution >= 0.6 is 12.2 Å². The Kier molecular flexibility index (Phi) is 3.86. The smallest absolute Gasteiger partial charge is 0.226 e. The standard InChI is InChI=1S/C14H24N4OS/c1-14(2)10-17(8-9-19-14)12-15-16-13(20)18(12)11-6-4-3-5-7-11/h11H,3-10H2,1-2H3,(H,16,20). The van der Waals surface area contributed by atoms with E-state index in [4.69, 9.17) is 17.0 Å². The molecule has 6 heteroatoms. The molecule has 2 heterocycles. The van der Waals surface area contributed by atoms with Crippen molar-refractivity contribution in [3.63, 3.8) is 0 Å². The second-order valence-corrected chi connectivity index (χ2v) is 6.91. The van der Waals surface area contributed by atoms with E-state index in [-0.39, 0.29) is 5.60 Å². The highest BCUT2D eigenvalue weighted by molar-refractivity contribution is 7.71. The molecule has 2 aliphatic rings. The predicted molar refractivity (Wildman–Crippen MR) is 81.8 cm³/mol. The van der Waals surface area contributed by atoms with Crippen molar-refractivity contribution >= 4 is 18.2 Å². The molecule has 1 saturated carbocycles. The van der Waals surface area contributed by atoms with Gasteiger partial charge in [-0.2, -0.15) is 0 Å². The van der Waals surface area contributed by atoms with Gasteiger partial charge in [0.1, 0.15) is 0 Å². The van der Waals surface area contributed by atoms with Gasteiger partial charge in [0.2, 0.25) is 5.95 Å². The average Bonchev–Trinajstić information content (AvgIpc) is 2.80. The maximum absolute atomic E-state index is 5.79. The zero-order valence-electron chi connectivity index (χ0n) is 12.4. The van der Waals surface area contributed by atoms with Crippen LogP contribution < -0.4 is 4.90 Å². The van der Waals surface area contributed by atoms with Crippen LogP contribution in [0.2, 0.25) is 0 Å². The van der Waals surface area contributed by atoms with Crippen LogP contribution in [0.25, 0.3) is 0 Å². The number of rotatable bonds is 2. The number of anilines is 1. The third kappa shape index (κ3) is 2.76. The lowest BCUT2D eigenvalue weighted by molar-refractivity contribution is -0.0284. The van der Waals surface area contributed by atoms with Crippen LogP contribution in [0.15, 0.2) is 0 Å². The normalized spacial score (nSPS) is 24.0. The molecule has 2 fully saturated rings. The van der Waals surface area contributed by atoms with Crippen molar-refractivity contribution in [3.8, 4) is 0 Å². The van der Waals surface area contributed by atoms with E-state index < -0.39 is 0 Å². The number of aromatic amines is 1. The van der Waals surface area contributed by atoms with Crippen LogP contribution in [0.4, 0.5) is 5.95 Å². The Hall–Kier alpha value is -0.880. The van der Waals surface area contributed by atoms with E-state index in [1.54, 1.807) is 0 Å². The SMILES string of the molecule is CC1(C)CN(c2n[nH]c(=S)n2C2CCCCC2)CCO1. The van der Waals surface area contributed by atoms with Crippen molar-refractivity contribution in [3.05, 3.63) is 4.77 Å². The molecule has 5 nitrogen and oxygen atoms in total. The Bertz CT molecular complexity index is 515. The zero-order chi connectivity index (χ0) is 14.2. The van der Waals surface area contributed by atoms with Gasteiger partial charge in [-0.1, -0.05) is 19.3 Å². The second-order valence-electron chi connectivity index (χ2n) is 6.52. The lowest BCUT2D eigenvalue weighted by atomic mass is 9.95. The van der Waals surface area contributed by atoms with Crippen LogP contribution in [0.1, 0.15) is 52.0 Å². The monoisotopic (exact) mass is 296 g/mol. The van der Waals surface area contributed by atoms with Crippen molar-refractivity contribution < 1.29 is 4.74 Å². The highest BCUT2D eigenvalue weighted by Gasteiger charge is 2.31. The van der Waals surface area contributed by atoms with Crippen LogP contribution in [-0.4, -0.2) is 40.1 Å². The molecule has 112 valence electrons. The lowest BCUT2D eigenvalue weighted by Crippen LogP contribution is -2.49. The Morgan fingerprint density at radius 3 is 2.75 bits per heavy atom. The van der Waals surface area contributed by atoms with Crippen molar-refractivity contribution in [1.82, 2.24) is 14.8 Å². The summed E-state index contributed by atoms with van der Waals surface area (Å²) in [7, 11) is 0. The van der Waals surface area contributed by atoms with Gasteiger partial charge in [0.25, 0.3) is 0 Å². The molecule has 0 atom stereocenters. The number of hydrogen-bond donors (Lipinski definition) is 1. The summed E-state index contributed by atoms with van der Waals surface area (Å²) in [5, 5.41) is 7.49. The summed E-state index contributed by atoms with van der Waals surface area (Å²) < 4.78 is 8.80. The van der Waals surface area contributed by atoms with E-state index in [1.165, 1.54) is 32.1 Å². The van der Waals surface area contributed by atoms with Crippen molar-refractivity contribution in [2.45, 2.75) is 57.6 Å². The van der Waals surface area contributed by atoms with Gasteiger partial charge >= 0.3 is 0 Å². The van der Waals surface area contributed by atoms with Gasteiger partial charge in [0.05, 0.1) is 12.2 Å². The minimum absolute atomic E-state index is 0.122. The van der Waals surface area contributed by atoms with Gasteiger partial charge in [-0.05, 0) is 38.9 Å². The molecule has 0 spiro atoms. The minimum Gasteiger partial charge on any atom is -0.372 e. The topological polar surface area (TPSA) is 46.1 Å². The van der Waals surface area contributed by atoms with Gasteiger partial charge < -0.3 is 9.64 Å². The van der Waals surface area contributed by atoms with E-state index in [0.717, 1.165) is 30.4 Å². The van der Waals surface area contributed by atoms with Crippen molar-refractivity contribution in [2.75, 3.05) is 24.6 Å². The highest BCUT2D eigenvalue weighted by Crippen LogP contribution is 2.32. The molecule has 0 amide bonds. The quantitative estimate of drug-likeness (QED) is 0.852. The summed E-state index contributed by atoms with van der Waals surface area (Å²) in [6.45, 7) is 6.75. The fraction of sp³-hybridized carbons (Fsp3) is 0.857. The van der Waals surface area contributed by atoms with E-state index in [2.05, 4.69) is 33.5 Å². The molecule has 1 saturated heterocycles. The fourth-order valence-electron chi connectivity index (χ4n) is 3.37. The fourth-order valence-corrected chi connectivity index (χ4v) is 3.65. The predicted octanol–water partition coefficient (Wildman–Crippen LogP) is 3.06. The zero-order valence-corrected chi connectivity index (χ0v) is 13.2. The van der Waals surface area contributed by atoms with Crippen LogP contribution in [-0.2, 0) is 4.74 Å². The molecule has 0 radical (unpaired) electrons. The Labute approximate surface area is 125 Å². The molecule has 1 aromatic rings. The highest BCUT2D eigenvalue weighted by atomic mass is 32.1. The lowest BCUT2D eigenvalue weighted by Gasteiger charge is -2.39. The third-order valence-corrected chi connectivity index (χ3v) is 4.62. The van der Waals surface area contributed by atoms with Gasteiger partial charge in [-0.25, -0.2) is 5.10 Å². The molecule has 1 aliphatic carbocycles. The molecule has 3 rings (SSSR count). The first-order valence-corrected chi connectivity index (χ1v) is 8.03. The molecule has 0 aromatic carbocycles. The summed E-state index contributed by atoms with van der Waals surface area (Å²) in [6.07, 6.45) is 6.38. The number of hydrogen-bond acceptors (Lipinski definition) is 4. The second kappa shape index (κ2) is 5.48. The van der Waals surface area contributed by atoms with Gasteiger partial charge in [-0.15, -0.1) is 5.10 Å². The Morgan fingerprint density at radius 2 is 2.05 bits per heavy atom. The molecular weight excluding hydrogens is 272 g/mol. The summed E-state index contributed by atoms with van der Waals surface area (Å²) in [4.78, 5) is 2.31. The van der Waals surface area contributed by atoms with Gasteiger partial charge in [-0.3, -0.25) is 4.57 Å². The van der Waals surface area contributed by atoms with E-state index in [0.29, 0.717) is 6.04 Å². The third-order valence-electron chi connectivity index (χ3n) is 4.33. The van der Waals surface area contributed by atoms with E-state index in [1.807, 2.05) is 0 Å². The molecule has 1 aromatic heterocycles. The number of ether oxygens (including phenoxy) is 1.